The molecule has 0 bridgehead atoms. The maximum atomic E-state index is 13.2. The summed E-state index contributed by atoms with van der Waals surface area (Å²) in [5.41, 5.74) is 0.973. The van der Waals surface area contributed by atoms with Crippen molar-refractivity contribution in [1.82, 2.24) is 9.80 Å². The lowest BCUT2D eigenvalue weighted by Gasteiger charge is -2.33. The Kier molecular flexibility index (Phi) is 6.84. The van der Waals surface area contributed by atoms with Gasteiger partial charge in [0.2, 0.25) is 5.12 Å². The summed E-state index contributed by atoms with van der Waals surface area (Å²) in [7, 11) is 2.17. The van der Waals surface area contributed by atoms with E-state index in [1.54, 1.807) is 0 Å². The van der Waals surface area contributed by atoms with Gasteiger partial charge < -0.3 is 4.90 Å². The first-order valence-electron chi connectivity index (χ1n) is 9.43. The number of nitrogens with zero attached hydrogens (tertiary/aromatic N) is 2. The molecular formula is C20H29ClN2OS. The molecule has 1 saturated carbocycles. The molecule has 3 nitrogen and oxygen atoms in total. The van der Waals surface area contributed by atoms with E-state index in [2.05, 4.69) is 16.8 Å². The zero-order chi connectivity index (χ0) is 17.7. The lowest BCUT2D eigenvalue weighted by Crippen LogP contribution is -2.45. The van der Waals surface area contributed by atoms with E-state index < -0.39 is 4.87 Å². The SMILES string of the molecule is CN1CCN(CCSC(=O)C(Cl)(c2ccccc2)C2CCCC2)CC1. The van der Waals surface area contributed by atoms with E-state index in [-0.39, 0.29) is 11.0 Å². The fourth-order valence-corrected chi connectivity index (χ4v) is 5.51. The zero-order valence-corrected chi connectivity index (χ0v) is 16.7. The molecule has 1 aliphatic carbocycles. The van der Waals surface area contributed by atoms with Crippen molar-refractivity contribution >= 4 is 28.5 Å². The van der Waals surface area contributed by atoms with Crippen molar-refractivity contribution in [3.63, 3.8) is 0 Å². The number of piperazine rings is 1. The first-order chi connectivity index (χ1) is 12.1. The van der Waals surface area contributed by atoms with Crippen molar-refractivity contribution < 1.29 is 4.79 Å². The Morgan fingerprint density at radius 1 is 1.16 bits per heavy atom. The Labute approximate surface area is 161 Å². The second kappa shape index (κ2) is 8.90. The quantitative estimate of drug-likeness (QED) is 0.700. The van der Waals surface area contributed by atoms with Gasteiger partial charge in [-0.25, -0.2) is 0 Å². The molecule has 5 heteroatoms. The summed E-state index contributed by atoms with van der Waals surface area (Å²) >= 11 is 8.50. The number of halogens is 1. The second-order valence-corrected chi connectivity index (χ2v) is 9.00. The Balaban J connectivity index is 1.61. The smallest absolute Gasteiger partial charge is 0.214 e. The highest BCUT2D eigenvalue weighted by Gasteiger charge is 2.46. The number of rotatable bonds is 6. The fraction of sp³-hybridized carbons (Fsp3) is 0.650. The van der Waals surface area contributed by atoms with E-state index in [4.69, 9.17) is 11.6 Å². The third-order valence-electron chi connectivity index (χ3n) is 5.65. The summed E-state index contributed by atoms with van der Waals surface area (Å²) in [4.78, 5) is 17.1. The van der Waals surface area contributed by atoms with E-state index in [0.717, 1.165) is 56.9 Å². The highest BCUT2D eigenvalue weighted by molar-refractivity contribution is 8.13. The summed E-state index contributed by atoms with van der Waals surface area (Å²) in [6.45, 7) is 5.39. The number of carbonyl (C=O) groups excluding carboxylic acids is 1. The van der Waals surface area contributed by atoms with Gasteiger partial charge in [0.05, 0.1) is 0 Å². The van der Waals surface area contributed by atoms with Crippen molar-refractivity contribution in [2.24, 2.45) is 5.92 Å². The van der Waals surface area contributed by atoms with Crippen LogP contribution in [0, 0.1) is 5.92 Å². The van der Waals surface area contributed by atoms with Crippen LogP contribution in [0.15, 0.2) is 30.3 Å². The third-order valence-corrected chi connectivity index (χ3v) is 7.43. The van der Waals surface area contributed by atoms with Crippen LogP contribution >= 0.6 is 23.4 Å². The summed E-state index contributed by atoms with van der Waals surface area (Å²) in [6.07, 6.45) is 4.49. The van der Waals surface area contributed by atoms with Crippen LogP contribution in [-0.2, 0) is 9.67 Å². The zero-order valence-electron chi connectivity index (χ0n) is 15.1. The maximum Gasteiger partial charge on any atom is 0.214 e. The van der Waals surface area contributed by atoms with Gasteiger partial charge in [-0.2, -0.15) is 0 Å². The van der Waals surface area contributed by atoms with Gasteiger partial charge in [0.25, 0.3) is 0 Å². The lowest BCUT2D eigenvalue weighted by molar-refractivity contribution is -0.114. The molecule has 1 atom stereocenters. The molecule has 2 fully saturated rings. The minimum atomic E-state index is -0.857. The molecule has 1 aliphatic heterocycles. The number of hydrogen-bond acceptors (Lipinski definition) is 4. The van der Waals surface area contributed by atoms with Crippen LogP contribution in [0.25, 0.3) is 0 Å². The Bertz CT molecular complexity index is 556. The number of thioether (sulfide) groups is 1. The summed E-state index contributed by atoms with van der Waals surface area (Å²) < 4.78 is 0. The highest BCUT2D eigenvalue weighted by atomic mass is 35.5. The molecule has 1 unspecified atom stereocenters. The molecular weight excluding hydrogens is 352 g/mol. The number of hydrogen-bond donors (Lipinski definition) is 0. The second-order valence-electron chi connectivity index (χ2n) is 7.34. The number of likely N-dealkylation sites (N-methyl/N-ethyl adjacent to an activating group) is 1. The third kappa shape index (κ3) is 4.60. The van der Waals surface area contributed by atoms with Crippen molar-refractivity contribution in [3.05, 3.63) is 35.9 Å². The number of carbonyl (C=O) groups is 1. The molecule has 0 N–H and O–H groups in total. The molecule has 2 aliphatic rings. The Morgan fingerprint density at radius 2 is 1.80 bits per heavy atom. The average molecular weight is 381 g/mol. The predicted octanol–water partition coefficient (Wildman–Crippen LogP) is 3.82. The Morgan fingerprint density at radius 3 is 2.44 bits per heavy atom. The standard InChI is InChI=1S/C20H29ClN2OS/c1-22-11-13-23(14-12-22)15-16-25-19(24)20(21,18-9-5-6-10-18)17-7-3-2-4-8-17/h2-4,7-8,18H,5-6,9-16H2,1H3. The molecule has 1 saturated heterocycles. The summed E-state index contributed by atoms with van der Waals surface area (Å²) in [5, 5.41) is 0.140. The summed E-state index contributed by atoms with van der Waals surface area (Å²) in [6, 6.07) is 10.0. The predicted molar refractivity (Wildman–Crippen MR) is 107 cm³/mol. The average Bonchev–Trinajstić information content (AvgIpc) is 3.18. The van der Waals surface area contributed by atoms with Gasteiger partial charge in [-0.15, -0.1) is 11.6 Å². The van der Waals surface area contributed by atoms with Crippen molar-refractivity contribution in [2.45, 2.75) is 30.6 Å². The molecule has 0 aromatic heterocycles. The van der Waals surface area contributed by atoms with Crippen LogP contribution in [0.1, 0.15) is 31.2 Å². The summed E-state index contributed by atoms with van der Waals surface area (Å²) in [5.74, 6) is 1.09. The van der Waals surface area contributed by atoms with Crippen molar-refractivity contribution in [2.75, 3.05) is 45.5 Å². The first kappa shape index (κ1) is 19.2. The van der Waals surface area contributed by atoms with Crippen LogP contribution in [0.5, 0.6) is 0 Å². The molecule has 25 heavy (non-hydrogen) atoms. The minimum absolute atomic E-state index is 0.140. The normalized spacial score (nSPS) is 22.8. The van der Waals surface area contributed by atoms with Crippen LogP contribution in [-0.4, -0.2) is 60.4 Å². The molecule has 0 radical (unpaired) electrons. The molecule has 1 aromatic rings. The van der Waals surface area contributed by atoms with E-state index in [1.165, 1.54) is 24.6 Å². The molecule has 1 aromatic carbocycles. The van der Waals surface area contributed by atoms with Gasteiger partial charge in [-0.3, -0.25) is 9.69 Å². The number of benzene rings is 1. The van der Waals surface area contributed by atoms with Gasteiger partial charge in [0.1, 0.15) is 4.87 Å². The highest BCUT2D eigenvalue weighted by Crippen LogP contribution is 2.48. The van der Waals surface area contributed by atoms with E-state index in [0.29, 0.717) is 0 Å². The molecule has 0 spiro atoms. The van der Waals surface area contributed by atoms with E-state index >= 15 is 0 Å². The van der Waals surface area contributed by atoms with Crippen molar-refractivity contribution in [1.29, 1.82) is 0 Å². The van der Waals surface area contributed by atoms with Gasteiger partial charge >= 0.3 is 0 Å². The topological polar surface area (TPSA) is 23.6 Å². The van der Waals surface area contributed by atoms with Gasteiger partial charge in [-0.1, -0.05) is 54.9 Å². The van der Waals surface area contributed by atoms with Crippen LogP contribution in [0.4, 0.5) is 0 Å². The molecule has 138 valence electrons. The van der Waals surface area contributed by atoms with Gasteiger partial charge in [0.15, 0.2) is 0 Å². The number of alkyl halides is 1. The van der Waals surface area contributed by atoms with Crippen LogP contribution in [0.2, 0.25) is 0 Å². The van der Waals surface area contributed by atoms with E-state index in [1.807, 2.05) is 30.3 Å². The van der Waals surface area contributed by atoms with Crippen molar-refractivity contribution in [3.8, 4) is 0 Å². The van der Waals surface area contributed by atoms with E-state index in [9.17, 15) is 4.79 Å². The van der Waals surface area contributed by atoms with Crippen LogP contribution in [0.3, 0.4) is 0 Å². The maximum absolute atomic E-state index is 13.2. The molecule has 0 amide bonds. The monoisotopic (exact) mass is 380 g/mol. The lowest BCUT2D eigenvalue weighted by atomic mass is 9.85. The molecule has 1 heterocycles. The largest absolute Gasteiger partial charge is 0.304 e. The van der Waals surface area contributed by atoms with Crippen LogP contribution < -0.4 is 0 Å². The van der Waals surface area contributed by atoms with Gasteiger partial charge in [0, 0.05) is 38.5 Å². The first-order valence-corrected chi connectivity index (χ1v) is 10.8. The van der Waals surface area contributed by atoms with Gasteiger partial charge in [-0.05, 0) is 31.4 Å². The fourth-order valence-electron chi connectivity index (χ4n) is 3.97. The molecule has 3 rings (SSSR count). The minimum Gasteiger partial charge on any atom is -0.304 e. The Hall–Kier alpha value is -0.550.